The SMILES string of the molecule is Cc1ccc2nc(-c3c[nH]nc3-c3cccc(NC(=O)c4ccsc4)c3)oc2c1. The second-order valence-electron chi connectivity index (χ2n) is 6.68. The molecule has 142 valence electrons. The molecule has 0 radical (unpaired) electrons. The van der Waals surface area contributed by atoms with Crippen molar-refractivity contribution in [2.45, 2.75) is 6.92 Å². The Balaban J connectivity index is 1.49. The van der Waals surface area contributed by atoms with Gasteiger partial charge in [0.25, 0.3) is 5.91 Å². The Morgan fingerprint density at radius 1 is 1.17 bits per heavy atom. The quantitative estimate of drug-likeness (QED) is 0.417. The largest absolute Gasteiger partial charge is 0.436 e. The predicted octanol–water partition coefficient (Wildman–Crippen LogP) is 5.51. The first-order chi connectivity index (χ1) is 14.2. The summed E-state index contributed by atoms with van der Waals surface area (Å²) in [6, 6.07) is 15.3. The smallest absolute Gasteiger partial charge is 0.256 e. The number of aryl methyl sites for hydroxylation is 1. The molecular weight excluding hydrogens is 384 g/mol. The van der Waals surface area contributed by atoms with Crippen LogP contribution in [0.2, 0.25) is 0 Å². The molecule has 3 aromatic heterocycles. The van der Waals surface area contributed by atoms with Crippen molar-refractivity contribution in [1.82, 2.24) is 15.2 Å². The second kappa shape index (κ2) is 7.03. The third kappa shape index (κ3) is 3.32. The Hall–Kier alpha value is -3.71. The lowest BCUT2D eigenvalue weighted by atomic mass is 10.1. The van der Waals surface area contributed by atoms with Crippen molar-refractivity contribution in [1.29, 1.82) is 0 Å². The second-order valence-corrected chi connectivity index (χ2v) is 7.46. The van der Waals surface area contributed by atoms with Crippen LogP contribution in [-0.2, 0) is 0 Å². The van der Waals surface area contributed by atoms with Crippen molar-refractivity contribution in [2.75, 3.05) is 5.32 Å². The maximum atomic E-state index is 12.3. The summed E-state index contributed by atoms with van der Waals surface area (Å²) in [4.78, 5) is 16.9. The summed E-state index contributed by atoms with van der Waals surface area (Å²) in [6.07, 6.45) is 1.77. The lowest BCUT2D eigenvalue weighted by Crippen LogP contribution is -2.10. The molecule has 2 aromatic carbocycles. The monoisotopic (exact) mass is 400 g/mol. The molecule has 5 aromatic rings. The van der Waals surface area contributed by atoms with Crippen molar-refractivity contribution in [3.63, 3.8) is 0 Å². The third-order valence-electron chi connectivity index (χ3n) is 4.59. The Morgan fingerprint density at radius 2 is 2.10 bits per heavy atom. The summed E-state index contributed by atoms with van der Waals surface area (Å²) in [6.45, 7) is 2.01. The fourth-order valence-corrected chi connectivity index (χ4v) is 3.80. The molecule has 0 spiro atoms. The van der Waals surface area contributed by atoms with Gasteiger partial charge in [0.2, 0.25) is 5.89 Å². The van der Waals surface area contributed by atoms with Crippen LogP contribution < -0.4 is 5.32 Å². The number of rotatable bonds is 4. The first-order valence-corrected chi connectivity index (χ1v) is 9.97. The van der Waals surface area contributed by atoms with Gasteiger partial charge in [-0.1, -0.05) is 18.2 Å². The number of H-pyrrole nitrogens is 1. The number of anilines is 1. The number of nitrogens with zero attached hydrogens (tertiary/aromatic N) is 2. The minimum atomic E-state index is -0.139. The molecule has 2 N–H and O–H groups in total. The lowest BCUT2D eigenvalue weighted by Gasteiger charge is -2.06. The lowest BCUT2D eigenvalue weighted by molar-refractivity contribution is 0.102. The number of carbonyl (C=O) groups is 1. The average Bonchev–Trinajstić information content (AvgIpc) is 3.47. The van der Waals surface area contributed by atoms with E-state index in [1.165, 1.54) is 11.3 Å². The molecule has 7 heteroatoms. The summed E-state index contributed by atoms with van der Waals surface area (Å²) in [5.74, 6) is 0.363. The Kier molecular flexibility index (Phi) is 4.22. The molecule has 0 aliphatic rings. The van der Waals surface area contributed by atoms with E-state index < -0.39 is 0 Å². The Bertz CT molecular complexity index is 1320. The third-order valence-corrected chi connectivity index (χ3v) is 5.28. The molecule has 0 unspecified atom stereocenters. The van der Waals surface area contributed by atoms with Crippen LogP contribution in [0.25, 0.3) is 33.8 Å². The van der Waals surface area contributed by atoms with E-state index >= 15 is 0 Å². The summed E-state index contributed by atoms with van der Waals surface area (Å²) >= 11 is 1.49. The normalized spacial score (nSPS) is 11.1. The van der Waals surface area contributed by atoms with Gasteiger partial charge in [-0.05, 0) is 48.2 Å². The van der Waals surface area contributed by atoms with Crippen molar-refractivity contribution >= 4 is 34.0 Å². The summed E-state index contributed by atoms with van der Waals surface area (Å²) < 4.78 is 5.96. The highest BCUT2D eigenvalue weighted by molar-refractivity contribution is 7.08. The predicted molar refractivity (Wildman–Crippen MR) is 114 cm³/mol. The molecule has 0 aliphatic heterocycles. The van der Waals surface area contributed by atoms with Crippen molar-refractivity contribution in [3.8, 4) is 22.7 Å². The van der Waals surface area contributed by atoms with Crippen LogP contribution in [0.15, 0.2) is 69.9 Å². The number of hydrogen-bond donors (Lipinski definition) is 2. The van der Waals surface area contributed by atoms with Gasteiger partial charge in [0.15, 0.2) is 5.58 Å². The van der Waals surface area contributed by atoms with Gasteiger partial charge in [-0.15, -0.1) is 0 Å². The highest BCUT2D eigenvalue weighted by Gasteiger charge is 2.17. The number of fused-ring (bicyclic) bond motifs is 1. The van der Waals surface area contributed by atoms with Crippen LogP contribution in [0.5, 0.6) is 0 Å². The van der Waals surface area contributed by atoms with Crippen LogP contribution in [-0.4, -0.2) is 21.1 Å². The molecule has 6 nitrogen and oxygen atoms in total. The number of aromatic amines is 1. The van der Waals surface area contributed by atoms with Crippen molar-refractivity contribution in [3.05, 3.63) is 76.6 Å². The van der Waals surface area contributed by atoms with Crippen LogP contribution in [0, 0.1) is 6.92 Å². The van der Waals surface area contributed by atoms with E-state index in [1.807, 2.05) is 60.1 Å². The standard InChI is InChI=1S/C22H16N4O2S/c1-13-5-6-18-19(9-13)28-22(25-18)17-11-23-26-20(17)14-3-2-4-16(10-14)24-21(27)15-7-8-29-12-15/h2-12H,1H3,(H,23,26)(H,24,27). The molecule has 0 aliphatic carbocycles. The summed E-state index contributed by atoms with van der Waals surface area (Å²) in [7, 11) is 0. The zero-order chi connectivity index (χ0) is 19.8. The molecule has 3 heterocycles. The van der Waals surface area contributed by atoms with Crippen molar-refractivity contribution in [2.24, 2.45) is 0 Å². The molecule has 0 bridgehead atoms. The van der Waals surface area contributed by atoms with Crippen LogP contribution >= 0.6 is 11.3 Å². The minimum absolute atomic E-state index is 0.139. The number of amides is 1. The van der Waals surface area contributed by atoms with Gasteiger partial charge in [-0.2, -0.15) is 16.4 Å². The number of benzene rings is 2. The van der Waals surface area contributed by atoms with E-state index in [1.54, 1.807) is 12.3 Å². The first kappa shape index (κ1) is 17.4. The van der Waals surface area contributed by atoms with Gasteiger partial charge in [0.05, 0.1) is 11.1 Å². The highest BCUT2D eigenvalue weighted by atomic mass is 32.1. The number of thiophene rings is 1. The maximum absolute atomic E-state index is 12.3. The van der Waals surface area contributed by atoms with E-state index in [9.17, 15) is 4.79 Å². The molecule has 5 rings (SSSR count). The molecule has 0 fully saturated rings. The zero-order valence-electron chi connectivity index (χ0n) is 15.5. The van der Waals surface area contributed by atoms with E-state index in [0.717, 1.165) is 27.8 Å². The van der Waals surface area contributed by atoms with Gasteiger partial charge < -0.3 is 9.73 Å². The molecule has 0 atom stereocenters. The summed E-state index contributed by atoms with van der Waals surface area (Å²) in [5, 5.41) is 13.9. The number of carbonyl (C=O) groups excluding carboxylic acids is 1. The van der Waals surface area contributed by atoms with E-state index in [-0.39, 0.29) is 5.91 Å². The number of hydrogen-bond acceptors (Lipinski definition) is 5. The number of aromatic nitrogens is 3. The van der Waals surface area contributed by atoms with Gasteiger partial charge in [0.1, 0.15) is 11.2 Å². The Morgan fingerprint density at radius 3 is 2.97 bits per heavy atom. The number of nitrogens with one attached hydrogen (secondary N) is 2. The van der Waals surface area contributed by atoms with E-state index in [2.05, 4.69) is 20.5 Å². The summed E-state index contributed by atoms with van der Waals surface area (Å²) in [5.41, 5.74) is 6.31. The van der Waals surface area contributed by atoms with Crippen LogP contribution in [0.1, 0.15) is 15.9 Å². The minimum Gasteiger partial charge on any atom is -0.436 e. The molecule has 29 heavy (non-hydrogen) atoms. The topological polar surface area (TPSA) is 83.8 Å². The van der Waals surface area contributed by atoms with Gasteiger partial charge >= 0.3 is 0 Å². The fraction of sp³-hybridized carbons (Fsp3) is 0.0455. The number of oxazole rings is 1. The molecule has 1 amide bonds. The molecule has 0 saturated heterocycles. The molecular formula is C22H16N4O2S. The van der Waals surface area contributed by atoms with Crippen molar-refractivity contribution < 1.29 is 9.21 Å². The fourth-order valence-electron chi connectivity index (χ4n) is 3.16. The van der Waals surface area contributed by atoms with Gasteiger partial charge in [-0.3, -0.25) is 9.89 Å². The van der Waals surface area contributed by atoms with E-state index in [4.69, 9.17) is 4.42 Å². The average molecular weight is 400 g/mol. The Labute approximate surface area is 170 Å². The van der Waals surface area contributed by atoms with Gasteiger partial charge in [-0.25, -0.2) is 4.98 Å². The molecule has 0 saturated carbocycles. The van der Waals surface area contributed by atoms with Gasteiger partial charge in [0, 0.05) is 22.8 Å². The van der Waals surface area contributed by atoms with Crippen LogP contribution in [0.3, 0.4) is 0 Å². The highest BCUT2D eigenvalue weighted by Crippen LogP contribution is 2.33. The van der Waals surface area contributed by atoms with E-state index in [0.29, 0.717) is 22.8 Å². The maximum Gasteiger partial charge on any atom is 0.256 e. The first-order valence-electron chi connectivity index (χ1n) is 9.03. The zero-order valence-corrected chi connectivity index (χ0v) is 16.3. The van der Waals surface area contributed by atoms with Crippen LogP contribution in [0.4, 0.5) is 5.69 Å².